The highest BCUT2D eigenvalue weighted by molar-refractivity contribution is 5.83. The van der Waals surface area contributed by atoms with Crippen molar-refractivity contribution in [2.45, 2.75) is 53.9 Å². The van der Waals surface area contributed by atoms with Gasteiger partial charge in [-0.25, -0.2) is 10.7 Å². The molecule has 0 heterocycles. The molecule has 2 N–H and O–H groups in total. The van der Waals surface area contributed by atoms with Gasteiger partial charge in [-0.15, -0.1) is 0 Å². The van der Waals surface area contributed by atoms with E-state index in [2.05, 4.69) is 44.7 Å². The first-order valence-corrected chi connectivity index (χ1v) is 8.66. The zero-order chi connectivity index (χ0) is 18.9. The Kier molecular flexibility index (Phi) is 8.59. The summed E-state index contributed by atoms with van der Waals surface area (Å²) in [5.74, 6) is 4.32. The van der Waals surface area contributed by atoms with Crippen molar-refractivity contribution in [3.63, 3.8) is 0 Å². The minimum absolute atomic E-state index is 0.248. The van der Waals surface area contributed by atoms with Gasteiger partial charge in [-0.05, 0) is 56.6 Å². The minimum atomic E-state index is -0.477. The maximum absolute atomic E-state index is 11.4. The molecular weight excluding hydrogens is 314 g/mol. The Balaban J connectivity index is 2.69. The zero-order valence-corrected chi connectivity index (χ0v) is 16.1. The summed E-state index contributed by atoms with van der Waals surface area (Å²) in [6.07, 6.45) is 15.3. The minimum Gasteiger partial charge on any atom is -0.434 e. The van der Waals surface area contributed by atoms with E-state index in [-0.39, 0.29) is 12.2 Å². The summed E-state index contributed by atoms with van der Waals surface area (Å²) >= 11 is 0. The highest BCUT2D eigenvalue weighted by Crippen LogP contribution is 2.40. The molecule has 1 aliphatic rings. The summed E-state index contributed by atoms with van der Waals surface area (Å²) in [6, 6.07) is 0. The standard InChI is InChI=1S/C21H31NO3/c1-16(8-6-9-17(2)14-20(23)24-15-25-22)11-12-19-18(3)10-7-13-21(19,4)5/h6,8-9,11-12,14H,7,10,13,15,22H2,1-5H3/b9-6+,12-11+,16-8+,17-14+. The molecular formula is C21H31NO3. The molecule has 4 nitrogen and oxygen atoms in total. The van der Waals surface area contributed by atoms with Gasteiger partial charge in [0, 0.05) is 6.08 Å². The first-order chi connectivity index (χ1) is 11.8. The molecule has 0 aromatic carbocycles. The largest absolute Gasteiger partial charge is 0.434 e. The first-order valence-electron chi connectivity index (χ1n) is 8.66. The van der Waals surface area contributed by atoms with Gasteiger partial charge in [0.1, 0.15) is 0 Å². The van der Waals surface area contributed by atoms with Crippen LogP contribution in [0.25, 0.3) is 0 Å². The van der Waals surface area contributed by atoms with Gasteiger partial charge in [-0.3, -0.25) is 4.84 Å². The zero-order valence-electron chi connectivity index (χ0n) is 16.1. The van der Waals surface area contributed by atoms with Crippen LogP contribution in [0.15, 0.2) is 58.7 Å². The van der Waals surface area contributed by atoms with Crippen LogP contribution in [0.2, 0.25) is 0 Å². The van der Waals surface area contributed by atoms with Crippen LogP contribution >= 0.6 is 0 Å². The number of allylic oxidation sites excluding steroid dienone is 9. The molecule has 0 spiro atoms. The predicted octanol–water partition coefficient (Wildman–Crippen LogP) is 4.91. The van der Waals surface area contributed by atoms with Gasteiger partial charge >= 0.3 is 5.97 Å². The van der Waals surface area contributed by atoms with Crippen molar-refractivity contribution in [3.8, 4) is 0 Å². The van der Waals surface area contributed by atoms with Gasteiger partial charge in [0.15, 0.2) is 0 Å². The summed E-state index contributed by atoms with van der Waals surface area (Å²) < 4.78 is 4.70. The molecule has 0 saturated heterocycles. The molecule has 0 fully saturated rings. The van der Waals surface area contributed by atoms with E-state index < -0.39 is 5.97 Å². The second-order valence-corrected chi connectivity index (χ2v) is 7.17. The number of nitrogens with two attached hydrogens (primary N) is 1. The van der Waals surface area contributed by atoms with Gasteiger partial charge in [-0.2, -0.15) is 0 Å². The van der Waals surface area contributed by atoms with Crippen molar-refractivity contribution in [2.75, 3.05) is 6.79 Å². The van der Waals surface area contributed by atoms with Gasteiger partial charge < -0.3 is 4.74 Å². The molecule has 0 aromatic heterocycles. The topological polar surface area (TPSA) is 61.5 Å². The van der Waals surface area contributed by atoms with E-state index in [0.717, 1.165) is 11.1 Å². The maximum Gasteiger partial charge on any atom is 0.333 e. The van der Waals surface area contributed by atoms with Crippen molar-refractivity contribution >= 4 is 5.97 Å². The lowest BCUT2D eigenvalue weighted by atomic mass is 9.72. The maximum atomic E-state index is 11.4. The van der Waals surface area contributed by atoms with Crippen LogP contribution in [0.3, 0.4) is 0 Å². The smallest absolute Gasteiger partial charge is 0.333 e. The molecule has 0 saturated carbocycles. The van der Waals surface area contributed by atoms with Crippen LogP contribution in [0, 0.1) is 5.41 Å². The lowest BCUT2D eigenvalue weighted by Gasteiger charge is -2.32. The fourth-order valence-electron chi connectivity index (χ4n) is 3.00. The lowest BCUT2D eigenvalue weighted by molar-refractivity contribution is -0.150. The molecule has 0 bridgehead atoms. The van der Waals surface area contributed by atoms with Crippen LogP contribution < -0.4 is 5.90 Å². The van der Waals surface area contributed by atoms with Crippen LogP contribution in [0.5, 0.6) is 0 Å². The van der Waals surface area contributed by atoms with Gasteiger partial charge in [0.2, 0.25) is 6.79 Å². The van der Waals surface area contributed by atoms with Crippen molar-refractivity contribution in [1.29, 1.82) is 0 Å². The second kappa shape index (κ2) is 10.2. The highest BCUT2D eigenvalue weighted by atomic mass is 16.7. The Morgan fingerprint density at radius 1 is 1.24 bits per heavy atom. The average Bonchev–Trinajstić information content (AvgIpc) is 2.51. The van der Waals surface area contributed by atoms with Gasteiger partial charge in [0.05, 0.1) is 0 Å². The molecule has 1 aliphatic carbocycles. The highest BCUT2D eigenvalue weighted by Gasteiger charge is 2.26. The Labute approximate surface area is 151 Å². The number of carbonyl (C=O) groups is 1. The SMILES string of the molecule is CC1=C(/C=C/C(C)=C/C=C/C(C)=C/C(=O)OCON)C(C)(C)CCC1. The third-order valence-corrected chi connectivity index (χ3v) is 4.39. The van der Waals surface area contributed by atoms with E-state index in [4.69, 9.17) is 10.6 Å². The van der Waals surface area contributed by atoms with Crippen LogP contribution in [-0.4, -0.2) is 12.8 Å². The molecule has 4 heteroatoms. The number of ether oxygens (including phenoxy) is 1. The average molecular weight is 345 g/mol. The van der Waals surface area contributed by atoms with Crippen molar-refractivity contribution in [1.82, 2.24) is 0 Å². The summed E-state index contributed by atoms with van der Waals surface area (Å²) in [4.78, 5) is 15.6. The number of rotatable bonds is 7. The summed E-state index contributed by atoms with van der Waals surface area (Å²) in [7, 11) is 0. The first kappa shape index (κ1) is 21.1. The van der Waals surface area contributed by atoms with Crippen molar-refractivity contribution in [2.24, 2.45) is 11.3 Å². The number of carbonyl (C=O) groups excluding carboxylic acids is 1. The second-order valence-electron chi connectivity index (χ2n) is 7.17. The molecule has 0 radical (unpaired) electrons. The molecule has 138 valence electrons. The van der Waals surface area contributed by atoms with Gasteiger partial charge in [-0.1, -0.05) is 55.4 Å². The van der Waals surface area contributed by atoms with Crippen molar-refractivity contribution < 1.29 is 14.4 Å². The summed E-state index contributed by atoms with van der Waals surface area (Å²) in [6.45, 7) is 10.5. The predicted molar refractivity (Wildman–Crippen MR) is 102 cm³/mol. The molecule has 0 unspecified atom stereocenters. The molecule has 0 amide bonds. The Morgan fingerprint density at radius 2 is 1.96 bits per heavy atom. The number of esters is 1. The summed E-state index contributed by atoms with van der Waals surface area (Å²) in [5.41, 5.74) is 5.15. The molecule has 0 aromatic rings. The quantitative estimate of drug-likeness (QED) is 0.234. The Morgan fingerprint density at radius 3 is 2.60 bits per heavy atom. The van der Waals surface area contributed by atoms with E-state index in [0.29, 0.717) is 0 Å². The molecule has 1 rings (SSSR count). The molecule has 0 aliphatic heterocycles. The van der Waals surface area contributed by atoms with Crippen LogP contribution in [0.4, 0.5) is 0 Å². The van der Waals surface area contributed by atoms with Gasteiger partial charge in [0.25, 0.3) is 0 Å². The molecule has 25 heavy (non-hydrogen) atoms. The number of hydrogen-bond donors (Lipinski definition) is 1. The third-order valence-electron chi connectivity index (χ3n) is 4.39. The fourth-order valence-corrected chi connectivity index (χ4v) is 3.00. The van der Waals surface area contributed by atoms with E-state index in [9.17, 15) is 4.79 Å². The molecule has 0 atom stereocenters. The Bertz CT molecular complexity index is 619. The number of hydrogen-bond acceptors (Lipinski definition) is 4. The normalized spacial score (nSPS) is 19.1. The van der Waals surface area contributed by atoms with E-state index in [1.165, 1.54) is 36.5 Å². The Hall–Kier alpha value is -1.91. The van der Waals surface area contributed by atoms with Crippen molar-refractivity contribution in [3.05, 3.63) is 58.7 Å². The fraction of sp³-hybridized carbons (Fsp3) is 0.476. The van der Waals surface area contributed by atoms with Crippen LogP contribution in [-0.2, 0) is 14.4 Å². The van der Waals surface area contributed by atoms with Crippen LogP contribution in [0.1, 0.15) is 53.9 Å². The third kappa shape index (κ3) is 7.67. The van der Waals surface area contributed by atoms with E-state index in [1.54, 1.807) is 0 Å². The lowest BCUT2D eigenvalue weighted by Crippen LogP contribution is -2.19. The monoisotopic (exact) mass is 345 g/mol. The summed E-state index contributed by atoms with van der Waals surface area (Å²) in [5, 5.41) is 0. The van der Waals surface area contributed by atoms with E-state index >= 15 is 0 Å². The van der Waals surface area contributed by atoms with E-state index in [1.807, 2.05) is 25.2 Å².